The zero-order valence-electron chi connectivity index (χ0n) is 7.29. The summed E-state index contributed by atoms with van der Waals surface area (Å²) in [5.74, 6) is 0.814. The average Bonchev–Trinajstić information content (AvgIpc) is 2.37. The molecule has 2 bridgehead atoms. The molecular formula is C9H18N2. The van der Waals surface area contributed by atoms with E-state index < -0.39 is 0 Å². The second-order valence-corrected chi connectivity index (χ2v) is 3.98. The van der Waals surface area contributed by atoms with Gasteiger partial charge in [-0.1, -0.05) is 6.92 Å². The predicted molar refractivity (Wildman–Crippen MR) is 46.4 cm³/mol. The topological polar surface area (TPSA) is 29.3 Å². The van der Waals surface area contributed by atoms with Crippen LogP contribution < -0.4 is 5.73 Å². The highest BCUT2D eigenvalue weighted by Crippen LogP contribution is 2.34. The van der Waals surface area contributed by atoms with E-state index in [9.17, 15) is 0 Å². The quantitative estimate of drug-likeness (QED) is 0.606. The van der Waals surface area contributed by atoms with Gasteiger partial charge in [-0.3, -0.25) is 0 Å². The first kappa shape index (κ1) is 7.56. The average molecular weight is 154 g/mol. The van der Waals surface area contributed by atoms with Crippen LogP contribution in [0.15, 0.2) is 0 Å². The van der Waals surface area contributed by atoms with Gasteiger partial charge in [0.15, 0.2) is 0 Å². The van der Waals surface area contributed by atoms with Crippen molar-refractivity contribution in [1.82, 2.24) is 4.90 Å². The van der Waals surface area contributed by atoms with Crippen LogP contribution in [0.25, 0.3) is 0 Å². The van der Waals surface area contributed by atoms with E-state index in [1.54, 1.807) is 0 Å². The van der Waals surface area contributed by atoms with E-state index in [1.807, 2.05) is 0 Å². The molecule has 3 unspecified atom stereocenters. The number of hydrogen-bond acceptors (Lipinski definition) is 2. The summed E-state index contributed by atoms with van der Waals surface area (Å²) in [6.07, 6.45) is 3.96. The fraction of sp³-hybridized carbons (Fsp3) is 1.00. The summed E-state index contributed by atoms with van der Waals surface area (Å²) in [7, 11) is 0. The lowest BCUT2D eigenvalue weighted by molar-refractivity contribution is 0.255. The molecule has 0 aromatic rings. The van der Waals surface area contributed by atoms with Crippen LogP contribution in [0.4, 0.5) is 0 Å². The first-order chi connectivity index (χ1) is 5.31. The molecule has 0 aromatic heterocycles. The minimum absolute atomic E-state index is 0.503. The van der Waals surface area contributed by atoms with Crippen molar-refractivity contribution in [2.24, 2.45) is 11.7 Å². The van der Waals surface area contributed by atoms with Crippen molar-refractivity contribution >= 4 is 0 Å². The normalized spacial score (nSPS) is 44.7. The molecule has 0 radical (unpaired) electrons. The Morgan fingerprint density at radius 3 is 2.91 bits per heavy atom. The maximum atomic E-state index is 6.01. The van der Waals surface area contributed by atoms with Crippen molar-refractivity contribution in [2.75, 3.05) is 13.1 Å². The van der Waals surface area contributed by atoms with Crippen molar-refractivity contribution in [2.45, 2.75) is 38.3 Å². The largest absolute Gasteiger partial charge is 0.327 e. The monoisotopic (exact) mass is 154 g/mol. The third kappa shape index (κ3) is 1.18. The Morgan fingerprint density at radius 2 is 2.27 bits per heavy atom. The zero-order chi connectivity index (χ0) is 7.84. The molecule has 0 amide bonds. The van der Waals surface area contributed by atoms with E-state index in [2.05, 4.69) is 11.8 Å². The molecule has 2 nitrogen and oxygen atoms in total. The lowest BCUT2D eigenvalue weighted by Gasteiger charge is -2.25. The van der Waals surface area contributed by atoms with E-state index >= 15 is 0 Å². The van der Waals surface area contributed by atoms with Gasteiger partial charge < -0.3 is 10.6 Å². The molecule has 1 heterocycles. The summed E-state index contributed by atoms with van der Waals surface area (Å²) in [5, 5.41) is 0. The highest BCUT2D eigenvalue weighted by Gasteiger charge is 2.38. The Morgan fingerprint density at radius 1 is 1.45 bits per heavy atom. The molecule has 2 fully saturated rings. The highest BCUT2D eigenvalue weighted by molar-refractivity contribution is 4.94. The zero-order valence-corrected chi connectivity index (χ0v) is 7.29. The number of hydrogen-bond donors (Lipinski definition) is 1. The van der Waals surface area contributed by atoms with E-state index in [0.29, 0.717) is 6.04 Å². The van der Waals surface area contributed by atoms with Crippen LogP contribution in [-0.4, -0.2) is 30.1 Å². The Balaban J connectivity index is 2.03. The molecular weight excluding hydrogens is 136 g/mol. The van der Waals surface area contributed by atoms with Crippen molar-refractivity contribution in [3.63, 3.8) is 0 Å². The molecule has 2 N–H and O–H groups in total. The van der Waals surface area contributed by atoms with Crippen LogP contribution in [-0.2, 0) is 0 Å². The van der Waals surface area contributed by atoms with Crippen molar-refractivity contribution < 1.29 is 0 Å². The second-order valence-electron chi connectivity index (χ2n) is 3.98. The van der Waals surface area contributed by atoms with Crippen LogP contribution in [0.2, 0.25) is 0 Å². The second kappa shape index (κ2) is 2.76. The summed E-state index contributed by atoms with van der Waals surface area (Å²) >= 11 is 0. The maximum absolute atomic E-state index is 6.01. The third-order valence-corrected chi connectivity index (χ3v) is 3.41. The molecule has 1 aliphatic heterocycles. The molecule has 64 valence electrons. The first-order valence-electron chi connectivity index (χ1n) is 4.81. The Bertz CT molecular complexity index is 146. The van der Waals surface area contributed by atoms with Gasteiger partial charge in [0, 0.05) is 18.6 Å². The molecule has 11 heavy (non-hydrogen) atoms. The van der Waals surface area contributed by atoms with Crippen molar-refractivity contribution in [1.29, 1.82) is 0 Å². The van der Waals surface area contributed by atoms with Gasteiger partial charge in [-0.05, 0) is 31.7 Å². The predicted octanol–water partition coefficient (Wildman–Crippen LogP) is 0.818. The van der Waals surface area contributed by atoms with Gasteiger partial charge in [0.25, 0.3) is 0 Å². The minimum Gasteiger partial charge on any atom is -0.327 e. The summed E-state index contributed by atoms with van der Waals surface area (Å²) in [6.45, 7) is 4.74. The fourth-order valence-corrected chi connectivity index (χ4v) is 2.64. The summed E-state index contributed by atoms with van der Waals surface area (Å²) < 4.78 is 0. The van der Waals surface area contributed by atoms with E-state index in [1.165, 1.54) is 32.4 Å². The molecule has 1 saturated carbocycles. The van der Waals surface area contributed by atoms with Crippen LogP contribution in [0.5, 0.6) is 0 Å². The number of likely N-dealkylation sites (tertiary alicyclic amines) is 1. The van der Waals surface area contributed by atoms with Crippen molar-refractivity contribution in [3.8, 4) is 0 Å². The highest BCUT2D eigenvalue weighted by atomic mass is 15.2. The number of nitrogens with zero attached hydrogens (tertiary/aromatic N) is 1. The van der Waals surface area contributed by atoms with Crippen LogP contribution in [0.3, 0.4) is 0 Å². The van der Waals surface area contributed by atoms with Gasteiger partial charge in [0.05, 0.1) is 0 Å². The lowest BCUT2D eigenvalue weighted by Crippen LogP contribution is -2.33. The van der Waals surface area contributed by atoms with Gasteiger partial charge in [0.1, 0.15) is 0 Å². The minimum atomic E-state index is 0.503. The van der Waals surface area contributed by atoms with E-state index in [4.69, 9.17) is 5.73 Å². The SMILES string of the molecule is CCN1CC2CC1CCC2N. The van der Waals surface area contributed by atoms with Gasteiger partial charge in [-0.25, -0.2) is 0 Å². The van der Waals surface area contributed by atoms with Crippen LogP contribution >= 0.6 is 0 Å². The molecule has 1 saturated heterocycles. The molecule has 2 aliphatic rings. The van der Waals surface area contributed by atoms with Gasteiger partial charge in [-0.2, -0.15) is 0 Å². The number of nitrogens with two attached hydrogens (primary N) is 1. The standard InChI is InChI=1S/C9H18N2/c1-2-11-6-7-5-8(11)3-4-9(7)10/h7-9H,2-6,10H2,1H3. The van der Waals surface area contributed by atoms with Gasteiger partial charge in [-0.15, -0.1) is 0 Å². The van der Waals surface area contributed by atoms with Gasteiger partial charge in [0.2, 0.25) is 0 Å². The molecule has 0 spiro atoms. The summed E-state index contributed by atoms with van der Waals surface area (Å²) in [5.41, 5.74) is 6.01. The maximum Gasteiger partial charge on any atom is 0.00995 e. The molecule has 3 atom stereocenters. The van der Waals surface area contributed by atoms with Crippen LogP contribution in [0.1, 0.15) is 26.2 Å². The molecule has 1 aliphatic carbocycles. The number of fused-ring (bicyclic) bond motifs is 2. The van der Waals surface area contributed by atoms with E-state index in [-0.39, 0.29) is 0 Å². The first-order valence-corrected chi connectivity index (χ1v) is 4.81. The summed E-state index contributed by atoms with van der Waals surface area (Å²) in [4.78, 5) is 2.59. The fourth-order valence-electron chi connectivity index (χ4n) is 2.64. The Kier molecular flexibility index (Phi) is 1.90. The molecule has 2 rings (SSSR count). The van der Waals surface area contributed by atoms with Gasteiger partial charge >= 0.3 is 0 Å². The Labute approximate surface area is 68.7 Å². The molecule has 2 heteroatoms. The lowest BCUT2D eigenvalue weighted by atomic mass is 9.86. The summed E-state index contributed by atoms with van der Waals surface area (Å²) in [6, 6.07) is 1.38. The number of rotatable bonds is 1. The van der Waals surface area contributed by atoms with Crippen LogP contribution in [0, 0.1) is 5.92 Å². The van der Waals surface area contributed by atoms with Crippen molar-refractivity contribution in [3.05, 3.63) is 0 Å². The van der Waals surface area contributed by atoms with E-state index in [0.717, 1.165) is 12.0 Å². The molecule has 0 aromatic carbocycles. The Hall–Kier alpha value is -0.0800. The third-order valence-electron chi connectivity index (χ3n) is 3.41. The smallest absolute Gasteiger partial charge is 0.00995 e.